The first-order chi connectivity index (χ1) is 7.79. The van der Waals surface area contributed by atoms with Gasteiger partial charge in [-0.15, -0.1) is 0 Å². The molecule has 0 atom stereocenters. The van der Waals surface area contributed by atoms with Gasteiger partial charge < -0.3 is 4.74 Å². The summed E-state index contributed by atoms with van der Waals surface area (Å²) in [6, 6.07) is 0. The molecule has 0 aliphatic heterocycles. The summed E-state index contributed by atoms with van der Waals surface area (Å²) in [6.07, 6.45) is 6.76. The Morgan fingerprint density at radius 3 is 2.69 bits per heavy atom. The van der Waals surface area contributed by atoms with Gasteiger partial charge in [0.05, 0.1) is 12.2 Å². The summed E-state index contributed by atoms with van der Waals surface area (Å²) in [6.45, 7) is 4.98. The lowest BCUT2D eigenvalue weighted by Crippen LogP contribution is -2.03. The molecule has 0 unspecified atom stereocenters. The van der Waals surface area contributed by atoms with Crippen molar-refractivity contribution in [2.24, 2.45) is 0 Å². The Balaban J connectivity index is 2.59. The number of nitrogens with zero attached hydrogens (tertiary/aromatic N) is 2. The smallest absolute Gasteiger partial charge is 0.221 e. The predicted octanol–water partition coefficient (Wildman–Crippen LogP) is 3.65. The third-order valence-corrected chi connectivity index (χ3v) is 2.67. The highest BCUT2D eigenvalue weighted by molar-refractivity contribution is 6.30. The molecule has 0 aromatic carbocycles. The highest BCUT2D eigenvalue weighted by Crippen LogP contribution is 2.23. The van der Waals surface area contributed by atoms with Crippen molar-refractivity contribution in [3.8, 4) is 5.88 Å². The van der Waals surface area contributed by atoms with Crippen molar-refractivity contribution in [3.05, 3.63) is 17.0 Å². The number of ether oxygens (including phenoxy) is 1. The summed E-state index contributed by atoms with van der Waals surface area (Å²) in [5.74, 6) is 0.651. The molecule has 0 saturated carbocycles. The van der Waals surface area contributed by atoms with E-state index in [0.29, 0.717) is 17.6 Å². The molecule has 1 aromatic heterocycles. The summed E-state index contributed by atoms with van der Waals surface area (Å²) < 4.78 is 5.64. The van der Waals surface area contributed by atoms with Crippen molar-refractivity contribution in [2.45, 2.75) is 46.0 Å². The van der Waals surface area contributed by atoms with E-state index in [-0.39, 0.29) is 0 Å². The number of hydrogen-bond donors (Lipinski definition) is 0. The van der Waals surface area contributed by atoms with Gasteiger partial charge in [0, 0.05) is 0 Å². The van der Waals surface area contributed by atoms with Gasteiger partial charge in [0.2, 0.25) is 5.88 Å². The lowest BCUT2D eigenvalue weighted by Gasteiger charge is -2.10. The molecule has 0 saturated heterocycles. The van der Waals surface area contributed by atoms with Gasteiger partial charge in [0.15, 0.2) is 0 Å². The van der Waals surface area contributed by atoms with Crippen molar-refractivity contribution >= 4 is 11.6 Å². The summed E-state index contributed by atoms with van der Waals surface area (Å²) in [5, 5.41) is 0.516. The predicted molar refractivity (Wildman–Crippen MR) is 66.1 cm³/mol. The second kappa shape index (κ2) is 7.44. The van der Waals surface area contributed by atoms with Gasteiger partial charge in [0.25, 0.3) is 0 Å². The number of aromatic nitrogens is 2. The second-order valence-corrected chi connectivity index (χ2v) is 4.11. The molecule has 90 valence electrons. The van der Waals surface area contributed by atoms with Crippen LogP contribution in [0, 0.1) is 0 Å². The third kappa shape index (κ3) is 3.97. The molecule has 1 rings (SSSR count). The van der Waals surface area contributed by atoms with Crippen LogP contribution in [0.1, 0.15) is 45.1 Å². The van der Waals surface area contributed by atoms with E-state index in [1.165, 1.54) is 19.2 Å². The molecule has 4 heteroatoms. The van der Waals surface area contributed by atoms with Crippen LogP contribution in [0.5, 0.6) is 5.88 Å². The highest BCUT2D eigenvalue weighted by Gasteiger charge is 2.09. The average molecular weight is 243 g/mol. The zero-order valence-electron chi connectivity index (χ0n) is 10.0. The van der Waals surface area contributed by atoms with Crippen LogP contribution in [0.3, 0.4) is 0 Å². The Labute approximate surface area is 102 Å². The van der Waals surface area contributed by atoms with E-state index in [1.807, 2.05) is 0 Å². The van der Waals surface area contributed by atoms with Gasteiger partial charge in [-0.3, -0.25) is 0 Å². The minimum atomic E-state index is 0.516. The van der Waals surface area contributed by atoms with Gasteiger partial charge in [-0.2, -0.15) is 0 Å². The molecule has 0 fully saturated rings. The van der Waals surface area contributed by atoms with Crippen LogP contribution in [0.4, 0.5) is 0 Å². The standard InChI is InChI=1S/C12H19ClN2O/c1-3-5-6-8-16-12-10(7-4-2)11(13)14-9-15-12/h9H,3-8H2,1-2H3. The summed E-state index contributed by atoms with van der Waals surface area (Å²) >= 11 is 6.02. The van der Waals surface area contributed by atoms with Crippen LogP contribution in [0.2, 0.25) is 5.15 Å². The topological polar surface area (TPSA) is 35.0 Å². The quantitative estimate of drug-likeness (QED) is 0.541. The maximum atomic E-state index is 6.02. The van der Waals surface area contributed by atoms with Crippen molar-refractivity contribution < 1.29 is 4.74 Å². The molecule has 0 aliphatic rings. The Kier molecular flexibility index (Phi) is 6.16. The largest absolute Gasteiger partial charge is 0.477 e. The first kappa shape index (κ1) is 13.2. The number of halogens is 1. The van der Waals surface area contributed by atoms with Crippen molar-refractivity contribution in [1.82, 2.24) is 9.97 Å². The summed E-state index contributed by atoms with van der Waals surface area (Å²) in [4.78, 5) is 8.12. The van der Waals surface area contributed by atoms with E-state index in [0.717, 1.165) is 24.8 Å². The van der Waals surface area contributed by atoms with Gasteiger partial charge in [0.1, 0.15) is 11.5 Å². The normalized spacial score (nSPS) is 10.4. The fourth-order valence-electron chi connectivity index (χ4n) is 1.48. The van der Waals surface area contributed by atoms with Crippen LogP contribution in [-0.4, -0.2) is 16.6 Å². The van der Waals surface area contributed by atoms with Crippen LogP contribution in [-0.2, 0) is 6.42 Å². The van der Waals surface area contributed by atoms with Crippen LogP contribution in [0.25, 0.3) is 0 Å². The molecular formula is C12H19ClN2O. The lowest BCUT2D eigenvalue weighted by molar-refractivity contribution is 0.291. The third-order valence-electron chi connectivity index (χ3n) is 2.34. The lowest BCUT2D eigenvalue weighted by atomic mass is 10.2. The van der Waals surface area contributed by atoms with E-state index in [9.17, 15) is 0 Å². The molecule has 0 bridgehead atoms. The molecular weight excluding hydrogens is 224 g/mol. The Morgan fingerprint density at radius 2 is 2.00 bits per heavy atom. The molecule has 1 heterocycles. The van der Waals surface area contributed by atoms with E-state index < -0.39 is 0 Å². The average Bonchev–Trinajstić information content (AvgIpc) is 2.29. The zero-order chi connectivity index (χ0) is 11.8. The van der Waals surface area contributed by atoms with E-state index >= 15 is 0 Å². The maximum Gasteiger partial charge on any atom is 0.221 e. The molecule has 0 aliphatic carbocycles. The van der Waals surface area contributed by atoms with Gasteiger partial charge in [-0.05, 0) is 12.8 Å². The Hall–Kier alpha value is -0.830. The Morgan fingerprint density at radius 1 is 1.19 bits per heavy atom. The fraction of sp³-hybridized carbons (Fsp3) is 0.667. The van der Waals surface area contributed by atoms with Gasteiger partial charge in [-0.1, -0.05) is 44.7 Å². The molecule has 1 aromatic rings. The van der Waals surface area contributed by atoms with Crippen molar-refractivity contribution in [2.75, 3.05) is 6.61 Å². The molecule has 16 heavy (non-hydrogen) atoms. The second-order valence-electron chi connectivity index (χ2n) is 3.75. The highest BCUT2D eigenvalue weighted by atomic mass is 35.5. The molecule has 0 spiro atoms. The van der Waals surface area contributed by atoms with Crippen molar-refractivity contribution in [1.29, 1.82) is 0 Å². The SMILES string of the molecule is CCCCCOc1ncnc(Cl)c1CCC. The molecule has 0 radical (unpaired) electrons. The van der Waals surface area contributed by atoms with Gasteiger partial charge in [-0.25, -0.2) is 9.97 Å². The fourth-order valence-corrected chi connectivity index (χ4v) is 1.70. The van der Waals surface area contributed by atoms with Crippen LogP contribution < -0.4 is 4.74 Å². The van der Waals surface area contributed by atoms with E-state index in [2.05, 4.69) is 23.8 Å². The van der Waals surface area contributed by atoms with Gasteiger partial charge >= 0.3 is 0 Å². The summed E-state index contributed by atoms with van der Waals surface area (Å²) in [7, 11) is 0. The van der Waals surface area contributed by atoms with E-state index in [1.54, 1.807) is 0 Å². The first-order valence-electron chi connectivity index (χ1n) is 5.91. The number of hydrogen-bond acceptors (Lipinski definition) is 3. The van der Waals surface area contributed by atoms with Crippen LogP contribution in [0.15, 0.2) is 6.33 Å². The minimum Gasteiger partial charge on any atom is -0.477 e. The number of rotatable bonds is 7. The number of unbranched alkanes of at least 4 members (excludes halogenated alkanes) is 2. The molecule has 3 nitrogen and oxygen atoms in total. The summed E-state index contributed by atoms with van der Waals surface area (Å²) in [5.41, 5.74) is 0.933. The van der Waals surface area contributed by atoms with E-state index in [4.69, 9.17) is 16.3 Å². The zero-order valence-corrected chi connectivity index (χ0v) is 10.8. The minimum absolute atomic E-state index is 0.516. The van der Waals surface area contributed by atoms with Crippen molar-refractivity contribution in [3.63, 3.8) is 0 Å². The monoisotopic (exact) mass is 242 g/mol. The Bertz CT molecular complexity index is 318. The maximum absolute atomic E-state index is 6.02. The molecule has 0 N–H and O–H groups in total. The first-order valence-corrected chi connectivity index (χ1v) is 6.29. The van der Waals surface area contributed by atoms with Crippen LogP contribution >= 0.6 is 11.6 Å². The molecule has 0 amide bonds.